The van der Waals surface area contributed by atoms with E-state index in [4.69, 9.17) is 18.6 Å². The number of rotatable bonds is 9. The van der Waals surface area contributed by atoms with E-state index in [9.17, 15) is 0 Å². The molecule has 1 saturated heterocycles. The van der Waals surface area contributed by atoms with Gasteiger partial charge in [-0.1, -0.05) is 81.4 Å². The summed E-state index contributed by atoms with van der Waals surface area (Å²) in [6.07, 6.45) is 0.102. The monoisotopic (exact) mass is 448 g/mol. The molecule has 0 radical (unpaired) electrons. The molecule has 0 unspecified atom stereocenters. The minimum atomic E-state index is -2.53. The van der Waals surface area contributed by atoms with Gasteiger partial charge < -0.3 is 18.6 Å². The molecule has 0 saturated carbocycles. The van der Waals surface area contributed by atoms with Gasteiger partial charge in [0.05, 0.1) is 13.7 Å². The lowest BCUT2D eigenvalue weighted by Crippen LogP contribution is -2.66. The summed E-state index contributed by atoms with van der Waals surface area (Å²) in [5.41, 5.74) is 0. The summed E-state index contributed by atoms with van der Waals surface area (Å²) in [6.45, 7) is 7.94. The summed E-state index contributed by atoms with van der Waals surface area (Å²) in [5, 5.41) is 2.52. The van der Waals surface area contributed by atoms with Gasteiger partial charge in [0.25, 0.3) is 8.32 Å². The Morgan fingerprint density at radius 2 is 1.22 bits per heavy atom. The molecule has 5 heteroatoms. The van der Waals surface area contributed by atoms with Crippen molar-refractivity contribution in [2.24, 2.45) is 0 Å². The van der Waals surface area contributed by atoms with Crippen LogP contribution in [0.5, 0.6) is 11.5 Å². The van der Waals surface area contributed by atoms with E-state index in [1.165, 1.54) is 10.4 Å². The molecule has 1 aliphatic heterocycles. The molecule has 0 aromatic heterocycles. The Kier molecular flexibility index (Phi) is 6.70. The van der Waals surface area contributed by atoms with Gasteiger partial charge in [-0.25, -0.2) is 0 Å². The van der Waals surface area contributed by atoms with E-state index < -0.39 is 8.32 Å². The first kappa shape index (κ1) is 22.6. The van der Waals surface area contributed by atoms with Gasteiger partial charge in [-0.3, -0.25) is 0 Å². The highest BCUT2D eigenvalue weighted by molar-refractivity contribution is 6.99. The first-order chi connectivity index (χ1) is 15.4. The van der Waals surface area contributed by atoms with Gasteiger partial charge in [0.15, 0.2) is 0 Å². The van der Waals surface area contributed by atoms with E-state index in [1.54, 1.807) is 7.11 Å². The third-order valence-corrected chi connectivity index (χ3v) is 11.0. The summed E-state index contributed by atoms with van der Waals surface area (Å²) < 4.78 is 24.0. The Balaban J connectivity index is 1.47. The zero-order valence-electron chi connectivity index (χ0n) is 19.3. The predicted octanol–water partition coefficient (Wildman–Crippen LogP) is 4.42. The van der Waals surface area contributed by atoms with Gasteiger partial charge in [0, 0.05) is 0 Å². The SMILES string of the molecule is COc1ccc(OC[C@@H]2O[C@H]2CO[Si](c2ccccc2)(c2ccccc2)C(C)(C)C)cc1. The molecule has 3 aromatic carbocycles. The van der Waals surface area contributed by atoms with Crippen LogP contribution in [0.1, 0.15) is 20.8 Å². The fraction of sp³-hybridized carbons (Fsp3) is 0.333. The molecular weight excluding hydrogens is 416 g/mol. The van der Waals surface area contributed by atoms with E-state index in [1.807, 2.05) is 24.3 Å². The zero-order valence-corrected chi connectivity index (χ0v) is 20.3. The van der Waals surface area contributed by atoms with Crippen molar-refractivity contribution in [2.45, 2.75) is 38.0 Å². The van der Waals surface area contributed by atoms with Crippen molar-refractivity contribution in [3.63, 3.8) is 0 Å². The molecule has 0 amide bonds. The minimum absolute atomic E-state index is 0.0420. The summed E-state index contributed by atoms with van der Waals surface area (Å²) in [7, 11) is -0.877. The Hall–Kier alpha value is -2.60. The number of hydrogen-bond acceptors (Lipinski definition) is 4. The van der Waals surface area contributed by atoms with Crippen LogP contribution in [-0.2, 0) is 9.16 Å². The molecule has 0 N–H and O–H groups in total. The molecule has 1 fully saturated rings. The average molecular weight is 449 g/mol. The topological polar surface area (TPSA) is 40.2 Å². The number of methoxy groups -OCH3 is 1. The van der Waals surface area contributed by atoms with Crippen LogP contribution in [0.3, 0.4) is 0 Å². The van der Waals surface area contributed by atoms with Gasteiger partial charge in [-0.15, -0.1) is 0 Å². The largest absolute Gasteiger partial charge is 0.497 e. The van der Waals surface area contributed by atoms with Crippen molar-refractivity contribution in [2.75, 3.05) is 20.3 Å². The Morgan fingerprint density at radius 3 is 1.72 bits per heavy atom. The van der Waals surface area contributed by atoms with Crippen molar-refractivity contribution in [3.05, 3.63) is 84.9 Å². The van der Waals surface area contributed by atoms with Crippen LogP contribution >= 0.6 is 0 Å². The fourth-order valence-corrected chi connectivity index (χ4v) is 8.86. The number of ether oxygens (including phenoxy) is 3. The average Bonchev–Trinajstić information content (AvgIpc) is 3.57. The maximum atomic E-state index is 6.94. The molecule has 0 bridgehead atoms. The normalized spacial score (nSPS) is 18.2. The van der Waals surface area contributed by atoms with Crippen LogP contribution in [0.15, 0.2) is 84.9 Å². The third kappa shape index (κ3) is 4.75. The Labute approximate surface area is 192 Å². The number of epoxide rings is 1. The van der Waals surface area contributed by atoms with Crippen molar-refractivity contribution >= 4 is 18.7 Å². The van der Waals surface area contributed by atoms with Gasteiger partial charge in [-0.2, -0.15) is 0 Å². The maximum absolute atomic E-state index is 6.94. The van der Waals surface area contributed by atoms with E-state index in [2.05, 4.69) is 81.4 Å². The van der Waals surface area contributed by atoms with Crippen LogP contribution < -0.4 is 19.8 Å². The molecule has 1 aliphatic rings. The van der Waals surface area contributed by atoms with Crippen molar-refractivity contribution in [3.8, 4) is 11.5 Å². The second-order valence-corrected chi connectivity index (χ2v) is 13.5. The Bertz CT molecular complexity index is 944. The van der Waals surface area contributed by atoms with Crippen LogP contribution in [0.2, 0.25) is 5.04 Å². The first-order valence-corrected chi connectivity index (χ1v) is 13.0. The lowest BCUT2D eigenvalue weighted by Gasteiger charge is -2.43. The maximum Gasteiger partial charge on any atom is 0.261 e. The van der Waals surface area contributed by atoms with Crippen LogP contribution in [0.25, 0.3) is 0 Å². The highest BCUT2D eigenvalue weighted by Gasteiger charge is 2.52. The molecule has 0 spiro atoms. The summed E-state index contributed by atoms with van der Waals surface area (Å²) in [5.74, 6) is 1.63. The van der Waals surface area contributed by atoms with E-state index in [0.717, 1.165) is 11.5 Å². The van der Waals surface area contributed by atoms with Crippen LogP contribution in [-0.4, -0.2) is 40.8 Å². The lowest BCUT2D eigenvalue weighted by atomic mass is 10.2. The van der Waals surface area contributed by atoms with Crippen molar-refractivity contribution in [1.29, 1.82) is 0 Å². The molecule has 2 atom stereocenters. The molecule has 32 heavy (non-hydrogen) atoms. The second kappa shape index (κ2) is 9.49. The summed E-state index contributed by atoms with van der Waals surface area (Å²) >= 11 is 0. The van der Waals surface area contributed by atoms with E-state index in [-0.39, 0.29) is 17.2 Å². The minimum Gasteiger partial charge on any atom is -0.497 e. The molecule has 3 aromatic rings. The van der Waals surface area contributed by atoms with E-state index >= 15 is 0 Å². The highest BCUT2D eigenvalue weighted by atomic mass is 28.4. The number of benzene rings is 3. The molecular formula is C27H32O4Si. The highest BCUT2D eigenvalue weighted by Crippen LogP contribution is 2.38. The van der Waals surface area contributed by atoms with Gasteiger partial charge >= 0.3 is 0 Å². The van der Waals surface area contributed by atoms with Gasteiger partial charge in [0.2, 0.25) is 0 Å². The predicted molar refractivity (Wildman–Crippen MR) is 131 cm³/mol. The van der Waals surface area contributed by atoms with E-state index in [0.29, 0.717) is 13.2 Å². The standard InChI is InChI=1S/C27H32O4Si/c1-27(2,3)32(23-11-7-5-8-12-23,24-13-9-6-10-14-24)30-20-26-25(31-26)19-29-22-17-15-21(28-4)16-18-22/h5-18,25-26H,19-20H2,1-4H3/t25-,26-/m0/s1. The molecule has 168 valence electrons. The van der Waals surface area contributed by atoms with Gasteiger partial charge in [0.1, 0.15) is 30.3 Å². The first-order valence-electron chi connectivity index (χ1n) is 11.1. The van der Waals surface area contributed by atoms with Crippen molar-refractivity contribution in [1.82, 2.24) is 0 Å². The lowest BCUT2D eigenvalue weighted by molar-refractivity contribution is 0.237. The molecule has 0 aliphatic carbocycles. The molecule has 1 heterocycles. The quantitative estimate of drug-likeness (QED) is 0.359. The summed E-state index contributed by atoms with van der Waals surface area (Å²) in [4.78, 5) is 0. The van der Waals surface area contributed by atoms with Gasteiger partial charge in [-0.05, 0) is 39.7 Å². The number of hydrogen-bond donors (Lipinski definition) is 0. The molecule has 4 nitrogen and oxygen atoms in total. The van der Waals surface area contributed by atoms with Crippen LogP contribution in [0.4, 0.5) is 0 Å². The Morgan fingerprint density at radius 1 is 0.719 bits per heavy atom. The van der Waals surface area contributed by atoms with Crippen LogP contribution in [0, 0.1) is 0 Å². The van der Waals surface area contributed by atoms with Crippen molar-refractivity contribution < 1.29 is 18.6 Å². The fourth-order valence-electron chi connectivity index (χ4n) is 4.29. The molecule has 4 rings (SSSR count). The smallest absolute Gasteiger partial charge is 0.261 e. The third-order valence-electron chi connectivity index (χ3n) is 6.04. The second-order valence-electron chi connectivity index (χ2n) is 9.17. The zero-order chi connectivity index (χ0) is 22.6. The summed E-state index contributed by atoms with van der Waals surface area (Å²) in [6, 6.07) is 29.0.